The maximum atomic E-state index is 9.64. The molecule has 0 spiro atoms. The van der Waals surface area contributed by atoms with Gasteiger partial charge in [0.05, 0.1) is 12.2 Å². The highest BCUT2D eigenvalue weighted by atomic mass is 16.3. The Morgan fingerprint density at radius 2 is 1.84 bits per heavy atom. The summed E-state index contributed by atoms with van der Waals surface area (Å²) < 4.78 is 0. The van der Waals surface area contributed by atoms with Crippen LogP contribution in [0.4, 0.5) is 0 Å². The van der Waals surface area contributed by atoms with Gasteiger partial charge in [-0.1, -0.05) is 55.8 Å². The van der Waals surface area contributed by atoms with Crippen LogP contribution in [0.2, 0.25) is 0 Å². The summed E-state index contributed by atoms with van der Waals surface area (Å²) in [5.74, 6) is 0. The first-order valence-electron chi connectivity index (χ1n) is 6.92. The van der Waals surface area contributed by atoms with E-state index in [0.717, 1.165) is 24.0 Å². The van der Waals surface area contributed by atoms with Gasteiger partial charge in [-0.2, -0.15) is 0 Å². The third-order valence-corrected chi connectivity index (χ3v) is 2.82. The molecule has 2 heteroatoms. The molecule has 0 aromatic heterocycles. The predicted octanol–water partition coefficient (Wildman–Crippen LogP) is 3.64. The molecular weight excluding hydrogens is 236 g/mol. The van der Waals surface area contributed by atoms with Gasteiger partial charge in [-0.05, 0) is 37.0 Å². The highest BCUT2D eigenvalue weighted by molar-refractivity contribution is 5.57. The molecule has 1 aromatic carbocycles. The Morgan fingerprint density at radius 1 is 1.16 bits per heavy atom. The van der Waals surface area contributed by atoms with Crippen LogP contribution in [-0.4, -0.2) is 22.4 Å². The van der Waals surface area contributed by atoms with Crippen molar-refractivity contribution in [3.63, 3.8) is 0 Å². The van der Waals surface area contributed by atoms with Crippen LogP contribution in [-0.2, 0) is 0 Å². The fraction of sp³-hybridized carbons (Fsp3) is 0.412. The molecule has 1 aromatic rings. The number of hydrogen-bond donors (Lipinski definition) is 2. The lowest BCUT2D eigenvalue weighted by atomic mass is 10.1. The summed E-state index contributed by atoms with van der Waals surface area (Å²) in [4.78, 5) is 0. The summed E-state index contributed by atoms with van der Waals surface area (Å²) in [7, 11) is 0. The molecule has 0 radical (unpaired) electrons. The molecule has 0 amide bonds. The minimum atomic E-state index is -0.427. The standard InChI is InChI=1S/C17H24O2/c1-3-6-17(19)10-5-9-15-7-4-8-16(13-15)12-11-14(2)18/h4-5,7-9,11-14,17-19H,3,6,10H2,1-2H3/b9-5+,12-11+. The number of hydrogen-bond acceptors (Lipinski definition) is 2. The van der Waals surface area contributed by atoms with Crippen molar-refractivity contribution in [2.45, 2.75) is 45.3 Å². The highest BCUT2D eigenvalue weighted by Crippen LogP contribution is 2.11. The van der Waals surface area contributed by atoms with Gasteiger partial charge in [0.15, 0.2) is 0 Å². The Balaban J connectivity index is 2.59. The second-order valence-corrected chi connectivity index (χ2v) is 4.85. The summed E-state index contributed by atoms with van der Waals surface area (Å²) in [5, 5.41) is 18.8. The topological polar surface area (TPSA) is 40.5 Å². The van der Waals surface area contributed by atoms with Gasteiger partial charge in [0.25, 0.3) is 0 Å². The predicted molar refractivity (Wildman–Crippen MR) is 81.7 cm³/mol. The normalized spacial score (nSPS) is 15.2. The van der Waals surface area contributed by atoms with E-state index in [1.54, 1.807) is 13.0 Å². The Kier molecular flexibility index (Phi) is 7.16. The fourth-order valence-corrected chi connectivity index (χ4v) is 1.83. The van der Waals surface area contributed by atoms with Crippen LogP contribution in [0.5, 0.6) is 0 Å². The maximum absolute atomic E-state index is 9.64. The van der Waals surface area contributed by atoms with Crippen molar-refractivity contribution in [1.82, 2.24) is 0 Å². The quantitative estimate of drug-likeness (QED) is 0.785. The molecule has 2 N–H and O–H groups in total. The number of aliphatic hydroxyl groups is 2. The fourth-order valence-electron chi connectivity index (χ4n) is 1.83. The van der Waals surface area contributed by atoms with E-state index in [1.807, 2.05) is 36.4 Å². The highest BCUT2D eigenvalue weighted by Gasteiger charge is 1.98. The first kappa shape index (κ1) is 15.7. The van der Waals surface area contributed by atoms with Gasteiger partial charge in [0, 0.05) is 0 Å². The zero-order valence-electron chi connectivity index (χ0n) is 11.8. The van der Waals surface area contributed by atoms with E-state index >= 15 is 0 Å². The van der Waals surface area contributed by atoms with Crippen LogP contribution in [0.15, 0.2) is 36.4 Å². The molecular formula is C17H24O2. The van der Waals surface area contributed by atoms with Crippen LogP contribution < -0.4 is 0 Å². The first-order valence-corrected chi connectivity index (χ1v) is 6.92. The second kappa shape index (κ2) is 8.68. The summed E-state index contributed by atoms with van der Waals surface area (Å²) >= 11 is 0. The van der Waals surface area contributed by atoms with Crippen molar-refractivity contribution in [1.29, 1.82) is 0 Å². The maximum Gasteiger partial charge on any atom is 0.0696 e. The van der Waals surface area contributed by atoms with Gasteiger partial charge in [-0.25, -0.2) is 0 Å². The van der Waals surface area contributed by atoms with Crippen molar-refractivity contribution < 1.29 is 10.2 Å². The molecule has 0 fully saturated rings. The third-order valence-electron chi connectivity index (χ3n) is 2.82. The monoisotopic (exact) mass is 260 g/mol. The van der Waals surface area contributed by atoms with Crippen LogP contribution in [0.3, 0.4) is 0 Å². The third kappa shape index (κ3) is 6.94. The van der Waals surface area contributed by atoms with Gasteiger partial charge in [0.1, 0.15) is 0 Å². The number of benzene rings is 1. The van der Waals surface area contributed by atoms with Crippen LogP contribution in [0, 0.1) is 0 Å². The summed E-state index contributed by atoms with van der Waals surface area (Å²) in [5.41, 5.74) is 2.17. The van der Waals surface area contributed by atoms with Crippen molar-refractivity contribution in [3.8, 4) is 0 Å². The number of aliphatic hydroxyl groups excluding tert-OH is 2. The smallest absolute Gasteiger partial charge is 0.0696 e. The molecule has 0 aliphatic rings. The lowest BCUT2D eigenvalue weighted by molar-refractivity contribution is 0.167. The van der Waals surface area contributed by atoms with Crippen LogP contribution in [0.1, 0.15) is 44.2 Å². The molecule has 2 atom stereocenters. The Labute approximate surface area is 116 Å². The molecule has 104 valence electrons. The molecule has 2 nitrogen and oxygen atoms in total. The zero-order valence-corrected chi connectivity index (χ0v) is 11.8. The summed E-state index contributed by atoms with van der Waals surface area (Å²) in [6.45, 7) is 3.81. The zero-order chi connectivity index (χ0) is 14.1. The van der Waals surface area contributed by atoms with Gasteiger partial charge in [0.2, 0.25) is 0 Å². The molecule has 19 heavy (non-hydrogen) atoms. The van der Waals surface area contributed by atoms with Gasteiger partial charge in [-0.3, -0.25) is 0 Å². The average molecular weight is 260 g/mol. The van der Waals surface area contributed by atoms with E-state index in [0.29, 0.717) is 6.42 Å². The second-order valence-electron chi connectivity index (χ2n) is 4.85. The largest absolute Gasteiger partial charge is 0.393 e. The van der Waals surface area contributed by atoms with E-state index < -0.39 is 6.10 Å². The van der Waals surface area contributed by atoms with Crippen molar-refractivity contribution >= 4 is 12.2 Å². The Morgan fingerprint density at radius 3 is 2.47 bits per heavy atom. The minimum Gasteiger partial charge on any atom is -0.393 e. The average Bonchev–Trinajstić information content (AvgIpc) is 2.37. The van der Waals surface area contributed by atoms with E-state index in [9.17, 15) is 10.2 Å². The van der Waals surface area contributed by atoms with Crippen LogP contribution >= 0.6 is 0 Å². The van der Waals surface area contributed by atoms with Crippen molar-refractivity contribution in [3.05, 3.63) is 47.5 Å². The van der Waals surface area contributed by atoms with E-state index in [1.165, 1.54) is 0 Å². The Hall–Kier alpha value is -1.38. The SMILES string of the molecule is CCCC(O)C/C=C/c1cccc(/C=C/C(C)O)c1. The van der Waals surface area contributed by atoms with E-state index in [4.69, 9.17) is 0 Å². The molecule has 0 aliphatic carbocycles. The molecule has 0 saturated carbocycles. The molecule has 1 rings (SSSR count). The molecule has 0 aliphatic heterocycles. The van der Waals surface area contributed by atoms with Gasteiger partial charge < -0.3 is 10.2 Å². The van der Waals surface area contributed by atoms with E-state index in [2.05, 4.69) is 13.0 Å². The minimum absolute atomic E-state index is 0.237. The van der Waals surface area contributed by atoms with E-state index in [-0.39, 0.29) is 6.10 Å². The number of rotatable bonds is 7. The Bertz CT molecular complexity index is 419. The summed E-state index contributed by atoms with van der Waals surface area (Å²) in [6, 6.07) is 8.08. The van der Waals surface area contributed by atoms with Crippen molar-refractivity contribution in [2.75, 3.05) is 0 Å². The van der Waals surface area contributed by atoms with Crippen LogP contribution in [0.25, 0.3) is 12.2 Å². The first-order chi connectivity index (χ1) is 9.11. The lowest BCUT2D eigenvalue weighted by Crippen LogP contribution is -2.02. The van der Waals surface area contributed by atoms with Gasteiger partial charge >= 0.3 is 0 Å². The van der Waals surface area contributed by atoms with Crippen molar-refractivity contribution in [2.24, 2.45) is 0 Å². The molecule has 0 saturated heterocycles. The lowest BCUT2D eigenvalue weighted by Gasteiger charge is -2.04. The molecule has 0 heterocycles. The van der Waals surface area contributed by atoms with Gasteiger partial charge in [-0.15, -0.1) is 0 Å². The summed E-state index contributed by atoms with van der Waals surface area (Å²) in [6.07, 6.45) is 9.60. The molecule has 2 unspecified atom stereocenters. The molecule has 0 bridgehead atoms.